The lowest BCUT2D eigenvalue weighted by Crippen LogP contribution is -2.17. The van der Waals surface area contributed by atoms with Crippen molar-refractivity contribution in [3.8, 4) is 28.4 Å². The van der Waals surface area contributed by atoms with Crippen LogP contribution in [0.15, 0.2) is 48.5 Å². The molecule has 1 N–H and O–H groups in total. The molecule has 0 saturated carbocycles. The number of aromatic nitrogens is 2. The fourth-order valence-electron chi connectivity index (χ4n) is 3.10. The molecular formula is C24H27ClN2O. The van der Waals surface area contributed by atoms with Gasteiger partial charge in [-0.05, 0) is 22.5 Å². The van der Waals surface area contributed by atoms with E-state index in [0.717, 1.165) is 22.4 Å². The van der Waals surface area contributed by atoms with E-state index >= 15 is 0 Å². The van der Waals surface area contributed by atoms with E-state index in [9.17, 15) is 5.11 Å². The van der Waals surface area contributed by atoms with Crippen molar-refractivity contribution in [1.82, 2.24) is 9.97 Å². The predicted octanol–water partition coefficient (Wildman–Crippen LogP) is 6.76. The highest BCUT2D eigenvalue weighted by atomic mass is 35.5. The number of aromatic hydroxyl groups is 1. The van der Waals surface area contributed by atoms with Crippen molar-refractivity contribution in [2.75, 3.05) is 0 Å². The number of hydrogen-bond acceptors (Lipinski definition) is 3. The number of benzene rings is 2. The van der Waals surface area contributed by atoms with Gasteiger partial charge in [0.05, 0.1) is 11.3 Å². The lowest BCUT2D eigenvalue weighted by Gasteiger charge is -2.27. The van der Waals surface area contributed by atoms with Crippen LogP contribution in [0.5, 0.6) is 5.75 Å². The van der Waals surface area contributed by atoms with E-state index in [1.807, 2.05) is 36.4 Å². The van der Waals surface area contributed by atoms with Gasteiger partial charge in [0, 0.05) is 17.2 Å². The van der Waals surface area contributed by atoms with Gasteiger partial charge >= 0.3 is 0 Å². The molecule has 4 heteroatoms. The molecule has 0 fully saturated rings. The second-order valence-electron chi connectivity index (χ2n) is 9.19. The maximum Gasteiger partial charge on any atom is 0.165 e. The van der Waals surface area contributed by atoms with Gasteiger partial charge in [-0.2, -0.15) is 0 Å². The fraction of sp³-hybridized carbons (Fsp3) is 0.333. The molecular weight excluding hydrogens is 368 g/mol. The first kappa shape index (κ1) is 20.3. The summed E-state index contributed by atoms with van der Waals surface area (Å²) < 4.78 is 0. The van der Waals surface area contributed by atoms with Gasteiger partial charge in [-0.1, -0.05) is 89.5 Å². The fourth-order valence-corrected chi connectivity index (χ4v) is 3.29. The molecule has 1 aromatic heterocycles. The normalized spacial score (nSPS) is 12.2. The third kappa shape index (κ3) is 4.20. The van der Waals surface area contributed by atoms with E-state index in [0.29, 0.717) is 16.5 Å². The van der Waals surface area contributed by atoms with Crippen LogP contribution >= 0.6 is 11.6 Å². The van der Waals surface area contributed by atoms with Crippen LogP contribution in [-0.2, 0) is 10.8 Å². The first-order valence-corrected chi connectivity index (χ1v) is 9.83. The largest absolute Gasteiger partial charge is 0.507 e. The van der Waals surface area contributed by atoms with Gasteiger partial charge < -0.3 is 5.11 Å². The van der Waals surface area contributed by atoms with E-state index in [1.54, 1.807) is 6.07 Å². The summed E-state index contributed by atoms with van der Waals surface area (Å²) in [6, 6.07) is 15.6. The average molecular weight is 395 g/mol. The standard InChI is InChI=1S/C24H27ClN2O/c1-23(2,3)16-12-17(21(28)18(13-16)24(4,5)6)22-26-19(14-20(25)27-22)15-10-8-7-9-11-15/h7-14,28H,1-6H3. The average Bonchev–Trinajstić information content (AvgIpc) is 2.60. The Morgan fingerprint density at radius 2 is 1.46 bits per heavy atom. The lowest BCUT2D eigenvalue weighted by atomic mass is 9.79. The van der Waals surface area contributed by atoms with Crippen molar-refractivity contribution in [2.24, 2.45) is 0 Å². The van der Waals surface area contributed by atoms with E-state index in [-0.39, 0.29) is 16.6 Å². The summed E-state index contributed by atoms with van der Waals surface area (Å²) in [5.41, 5.74) is 3.99. The van der Waals surface area contributed by atoms with Crippen molar-refractivity contribution in [1.29, 1.82) is 0 Å². The first-order chi connectivity index (χ1) is 13.0. The summed E-state index contributed by atoms with van der Waals surface area (Å²) in [5.74, 6) is 0.641. The summed E-state index contributed by atoms with van der Waals surface area (Å²) in [6.45, 7) is 12.7. The zero-order valence-electron chi connectivity index (χ0n) is 17.3. The van der Waals surface area contributed by atoms with Crippen LogP contribution in [0.3, 0.4) is 0 Å². The second-order valence-corrected chi connectivity index (χ2v) is 9.57. The van der Waals surface area contributed by atoms with E-state index < -0.39 is 0 Å². The Hall–Kier alpha value is -2.39. The summed E-state index contributed by atoms with van der Waals surface area (Å²) in [5, 5.41) is 11.4. The Kier molecular flexibility index (Phi) is 5.24. The van der Waals surface area contributed by atoms with Gasteiger partial charge in [-0.3, -0.25) is 0 Å². The first-order valence-electron chi connectivity index (χ1n) is 9.45. The molecule has 0 aliphatic carbocycles. The molecule has 0 unspecified atom stereocenters. The third-order valence-electron chi connectivity index (χ3n) is 4.79. The molecule has 0 atom stereocenters. The molecule has 1 heterocycles. The van der Waals surface area contributed by atoms with Crippen LogP contribution in [-0.4, -0.2) is 15.1 Å². The van der Waals surface area contributed by atoms with Gasteiger partial charge in [-0.25, -0.2) is 9.97 Å². The summed E-state index contributed by atoms with van der Waals surface area (Å²) in [6.07, 6.45) is 0. The van der Waals surface area contributed by atoms with Gasteiger partial charge in [0.25, 0.3) is 0 Å². The highest BCUT2D eigenvalue weighted by Gasteiger charge is 2.26. The van der Waals surface area contributed by atoms with Crippen LogP contribution in [0.25, 0.3) is 22.6 Å². The number of nitrogens with zero attached hydrogens (tertiary/aromatic N) is 2. The van der Waals surface area contributed by atoms with Crippen LogP contribution in [0.4, 0.5) is 0 Å². The molecule has 146 valence electrons. The van der Waals surface area contributed by atoms with Crippen molar-refractivity contribution < 1.29 is 5.11 Å². The molecule has 0 aliphatic heterocycles. The number of phenols is 1. The molecule has 0 radical (unpaired) electrons. The smallest absolute Gasteiger partial charge is 0.165 e. The summed E-state index contributed by atoms with van der Waals surface area (Å²) in [4.78, 5) is 9.16. The maximum absolute atomic E-state index is 11.1. The molecule has 0 saturated heterocycles. The quantitative estimate of drug-likeness (QED) is 0.488. The molecule has 3 aromatic rings. The van der Waals surface area contributed by atoms with E-state index in [1.165, 1.54) is 0 Å². The van der Waals surface area contributed by atoms with Crippen molar-refractivity contribution in [3.63, 3.8) is 0 Å². The molecule has 0 bridgehead atoms. The Bertz CT molecular complexity index is 1000. The number of phenolic OH excluding ortho intramolecular Hbond substituents is 1. The molecule has 2 aromatic carbocycles. The zero-order chi connectivity index (χ0) is 20.7. The van der Waals surface area contributed by atoms with E-state index in [2.05, 4.69) is 52.6 Å². The van der Waals surface area contributed by atoms with Crippen molar-refractivity contribution in [2.45, 2.75) is 52.4 Å². The Labute approximate surface area is 172 Å². The minimum atomic E-state index is -0.221. The van der Waals surface area contributed by atoms with Crippen LogP contribution in [0.1, 0.15) is 52.7 Å². The van der Waals surface area contributed by atoms with Gasteiger partial charge in [0.2, 0.25) is 0 Å². The third-order valence-corrected chi connectivity index (χ3v) is 4.98. The molecule has 28 heavy (non-hydrogen) atoms. The Morgan fingerprint density at radius 1 is 0.821 bits per heavy atom. The summed E-state index contributed by atoms with van der Waals surface area (Å²) >= 11 is 6.33. The van der Waals surface area contributed by atoms with Gasteiger partial charge in [0.15, 0.2) is 5.82 Å². The summed E-state index contributed by atoms with van der Waals surface area (Å²) in [7, 11) is 0. The Morgan fingerprint density at radius 3 is 2.04 bits per heavy atom. The molecule has 0 spiro atoms. The SMILES string of the molecule is CC(C)(C)c1cc(-c2nc(Cl)cc(-c3ccccc3)n2)c(O)c(C(C)(C)C)c1. The van der Waals surface area contributed by atoms with Crippen LogP contribution in [0, 0.1) is 0 Å². The predicted molar refractivity (Wildman–Crippen MR) is 117 cm³/mol. The van der Waals surface area contributed by atoms with Crippen molar-refractivity contribution in [3.05, 3.63) is 64.8 Å². The molecule has 3 rings (SSSR count). The van der Waals surface area contributed by atoms with E-state index in [4.69, 9.17) is 16.6 Å². The number of rotatable bonds is 2. The minimum absolute atomic E-state index is 0.0801. The lowest BCUT2D eigenvalue weighted by molar-refractivity contribution is 0.446. The molecule has 0 amide bonds. The highest BCUT2D eigenvalue weighted by molar-refractivity contribution is 6.29. The van der Waals surface area contributed by atoms with Gasteiger partial charge in [0.1, 0.15) is 10.9 Å². The zero-order valence-corrected chi connectivity index (χ0v) is 18.1. The molecule has 3 nitrogen and oxygen atoms in total. The monoisotopic (exact) mass is 394 g/mol. The maximum atomic E-state index is 11.1. The van der Waals surface area contributed by atoms with Crippen molar-refractivity contribution >= 4 is 11.6 Å². The van der Waals surface area contributed by atoms with Gasteiger partial charge in [-0.15, -0.1) is 0 Å². The Balaban J connectivity index is 2.28. The van der Waals surface area contributed by atoms with Crippen LogP contribution in [0.2, 0.25) is 5.15 Å². The second kappa shape index (κ2) is 7.21. The number of hydrogen-bond donors (Lipinski definition) is 1. The highest BCUT2D eigenvalue weighted by Crippen LogP contribution is 2.41. The molecule has 0 aliphatic rings. The topological polar surface area (TPSA) is 46.0 Å². The van der Waals surface area contributed by atoms with Crippen LogP contribution < -0.4 is 0 Å². The minimum Gasteiger partial charge on any atom is -0.507 e. The number of halogens is 1.